The summed E-state index contributed by atoms with van der Waals surface area (Å²) < 4.78 is 1.37. The third-order valence-electron chi connectivity index (χ3n) is 1.39. The van der Waals surface area contributed by atoms with Crippen LogP contribution in [0.2, 0.25) is 4.82 Å². The van der Waals surface area contributed by atoms with Gasteiger partial charge >= 0.3 is 89.5 Å². The van der Waals surface area contributed by atoms with Crippen molar-refractivity contribution < 1.29 is 0 Å². The molecule has 1 rings (SSSR count). The number of benzene rings is 1. The topological polar surface area (TPSA) is 0 Å². The van der Waals surface area contributed by atoms with E-state index < -0.39 is 0 Å². The first-order valence-corrected chi connectivity index (χ1v) is 6.62. The van der Waals surface area contributed by atoms with Gasteiger partial charge in [-0.15, -0.1) is 0 Å². The Kier molecular flexibility index (Phi) is 5.10. The second-order valence-electron chi connectivity index (χ2n) is 2.36. The van der Waals surface area contributed by atoms with Gasteiger partial charge in [-0.1, -0.05) is 0 Å². The normalized spacial score (nSPS) is 10.6. The van der Waals surface area contributed by atoms with Crippen molar-refractivity contribution in [2.24, 2.45) is 0 Å². The third kappa shape index (κ3) is 3.37. The van der Waals surface area contributed by atoms with Crippen LogP contribution in [0.1, 0.15) is 0 Å². The van der Waals surface area contributed by atoms with Crippen molar-refractivity contribution >= 4 is 42.6 Å². The Morgan fingerprint density at radius 3 is 2.17 bits per heavy atom. The SMILES string of the molecule is ClCC(CCl)[Se]c1ccccc1. The van der Waals surface area contributed by atoms with Crippen LogP contribution in [0, 0.1) is 0 Å². The van der Waals surface area contributed by atoms with Crippen LogP contribution < -0.4 is 4.46 Å². The van der Waals surface area contributed by atoms with Crippen LogP contribution in [0.4, 0.5) is 0 Å². The van der Waals surface area contributed by atoms with Gasteiger partial charge in [-0.25, -0.2) is 0 Å². The van der Waals surface area contributed by atoms with Crippen molar-refractivity contribution in [3.8, 4) is 0 Å². The molecule has 0 aliphatic rings. The van der Waals surface area contributed by atoms with E-state index in [9.17, 15) is 0 Å². The first kappa shape index (κ1) is 10.4. The van der Waals surface area contributed by atoms with Gasteiger partial charge in [-0.2, -0.15) is 0 Å². The van der Waals surface area contributed by atoms with E-state index in [2.05, 4.69) is 24.3 Å². The van der Waals surface area contributed by atoms with Gasteiger partial charge in [0.05, 0.1) is 0 Å². The fourth-order valence-electron chi connectivity index (χ4n) is 0.796. The van der Waals surface area contributed by atoms with Gasteiger partial charge in [0.25, 0.3) is 0 Å². The maximum absolute atomic E-state index is 5.75. The van der Waals surface area contributed by atoms with E-state index in [0.717, 1.165) is 0 Å². The first-order valence-electron chi connectivity index (χ1n) is 3.70. The van der Waals surface area contributed by atoms with Crippen molar-refractivity contribution in [2.45, 2.75) is 4.82 Å². The molecular formula is C9H10Cl2Se. The van der Waals surface area contributed by atoms with E-state index in [1.54, 1.807) is 0 Å². The molecule has 0 N–H and O–H groups in total. The number of alkyl halides is 2. The quantitative estimate of drug-likeness (QED) is 0.580. The summed E-state index contributed by atoms with van der Waals surface area (Å²) in [5, 5.41) is 0. The Bertz CT molecular complexity index is 209. The fourth-order valence-corrected chi connectivity index (χ4v) is 3.51. The monoisotopic (exact) mass is 268 g/mol. The summed E-state index contributed by atoms with van der Waals surface area (Å²) in [5.74, 6) is 1.33. The summed E-state index contributed by atoms with van der Waals surface area (Å²) in [5.41, 5.74) is 0. The average Bonchev–Trinajstić information content (AvgIpc) is 2.16. The van der Waals surface area contributed by atoms with Crippen molar-refractivity contribution in [2.75, 3.05) is 11.8 Å². The number of hydrogen-bond acceptors (Lipinski definition) is 0. The predicted molar refractivity (Wildman–Crippen MR) is 57.0 cm³/mol. The zero-order valence-corrected chi connectivity index (χ0v) is 9.77. The fraction of sp³-hybridized carbons (Fsp3) is 0.333. The van der Waals surface area contributed by atoms with E-state index in [4.69, 9.17) is 23.2 Å². The third-order valence-corrected chi connectivity index (χ3v) is 5.51. The molecule has 66 valence electrons. The molecule has 0 aliphatic heterocycles. The molecule has 0 radical (unpaired) electrons. The molecule has 0 spiro atoms. The zero-order valence-electron chi connectivity index (χ0n) is 6.54. The first-order chi connectivity index (χ1) is 5.86. The molecule has 0 atom stereocenters. The zero-order chi connectivity index (χ0) is 8.81. The number of hydrogen-bond donors (Lipinski definition) is 0. The van der Waals surface area contributed by atoms with Crippen LogP contribution >= 0.6 is 23.2 Å². The van der Waals surface area contributed by atoms with Crippen LogP contribution in [0.3, 0.4) is 0 Å². The molecule has 0 aliphatic carbocycles. The molecule has 0 saturated heterocycles. The van der Waals surface area contributed by atoms with Gasteiger partial charge in [-0.05, 0) is 0 Å². The van der Waals surface area contributed by atoms with Crippen LogP contribution in [0.15, 0.2) is 30.3 Å². The van der Waals surface area contributed by atoms with Crippen molar-refractivity contribution in [1.82, 2.24) is 0 Å². The summed E-state index contributed by atoms with van der Waals surface area (Å²) in [6.07, 6.45) is 0. The van der Waals surface area contributed by atoms with E-state index >= 15 is 0 Å². The molecule has 0 heterocycles. The molecule has 0 amide bonds. The standard InChI is InChI=1S/C9H10Cl2Se/c10-6-9(7-11)12-8-4-2-1-3-5-8/h1-5,9H,6-7H2. The van der Waals surface area contributed by atoms with Crippen LogP contribution in [-0.4, -0.2) is 26.7 Å². The number of rotatable bonds is 4. The molecule has 0 saturated carbocycles. The number of halogens is 2. The van der Waals surface area contributed by atoms with Gasteiger partial charge in [0.2, 0.25) is 0 Å². The molecule has 12 heavy (non-hydrogen) atoms. The summed E-state index contributed by atoms with van der Waals surface area (Å²) in [6, 6.07) is 10.4. The molecule has 0 unspecified atom stereocenters. The summed E-state index contributed by atoms with van der Waals surface area (Å²) in [6.45, 7) is 0. The minimum absolute atomic E-state index is 0.421. The van der Waals surface area contributed by atoms with Gasteiger partial charge in [0.1, 0.15) is 0 Å². The maximum atomic E-state index is 5.75. The van der Waals surface area contributed by atoms with Gasteiger partial charge in [0, 0.05) is 0 Å². The van der Waals surface area contributed by atoms with Crippen LogP contribution in [-0.2, 0) is 0 Å². The summed E-state index contributed by atoms with van der Waals surface area (Å²) in [7, 11) is 0. The Labute approximate surface area is 89.4 Å². The van der Waals surface area contributed by atoms with Gasteiger partial charge in [-0.3, -0.25) is 0 Å². The Hall–Kier alpha value is 0.319. The Morgan fingerprint density at radius 2 is 1.67 bits per heavy atom. The molecule has 0 bridgehead atoms. The predicted octanol–water partition coefficient (Wildman–Crippen LogP) is 2.28. The van der Waals surface area contributed by atoms with Crippen molar-refractivity contribution in [3.63, 3.8) is 0 Å². The molecule has 0 nitrogen and oxygen atoms in total. The van der Waals surface area contributed by atoms with E-state index in [-0.39, 0.29) is 0 Å². The molecular weight excluding hydrogens is 258 g/mol. The molecule has 1 aromatic rings. The van der Waals surface area contributed by atoms with Crippen molar-refractivity contribution in [3.05, 3.63) is 30.3 Å². The molecule has 3 heteroatoms. The Morgan fingerprint density at radius 1 is 1.08 bits per heavy atom. The molecule has 0 fully saturated rings. The summed E-state index contributed by atoms with van der Waals surface area (Å²) >= 11 is 11.9. The van der Waals surface area contributed by atoms with Crippen LogP contribution in [0.25, 0.3) is 0 Å². The van der Waals surface area contributed by atoms with Crippen molar-refractivity contribution in [1.29, 1.82) is 0 Å². The van der Waals surface area contributed by atoms with E-state index in [1.807, 2.05) is 6.07 Å². The van der Waals surface area contributed by atoms with Gasteiger partial charge < -0.3 is 0 Å². The second kappa shape index (κ2) is 5.88. The van der Waals surface area contributed by atoms with E-state index in [1.165, 1.54) is 4.46 Å². The van der Waals surface area contributed by atoms with Gasteiger partial charge in [0.15, 0.2) is 0 Å². The second-order valence-corrected chi connectivity index (χ2v) is 5.86. The van der Waals surface area contributed by atoms with Crippen LogP contribution in [0.5, 0.6) is 0 Å². The summed E-state index contributed by atoms with van der Waals surface area (Å²) in [4.78, 5) is 0.461. The average molecular weight is 268 g/mol. The molecule has 1 aromatic carbocycles. The minimum atomic E-state index is 0.421. The Balaban J connectivity index is 2.51. The van der Waals surface area contributed by atoms with E-state index in [0.29, 0.717) is 31.5 Å². The molecule has 0 aromatic heterocycles.